The minimum atomic E-state index is -4.54. The Hall–Kier alpha value is -1.08. The molecule has 1 aromatic rings. The molecule has 0 aromatic heterocycles. The molecule has 0 amide bonds. The van der Waals surface area contributed by atoms with Gasteiger partial charge in [-0.3, -0.25) is 0 Å². The van der Waals surface area contributed by atoms with Gasteiger partial charge in [0.15, 0.2) is 9.84 Å². The average molecular weight is 266 g/mol. The van der Waals surface area contributed by atoms with Crippen LogP contribution in [0.1, 0.15) is 5.56 Å². The quantitative estimate of drug-likeness (QED) is 0.785. The third-order valence-electron chi connectivity index (χ3n) is 2.33. The normalized spacial score (nSPS) is 20.3. The molecular weight excluding hydrogens is 257 g/mol. The monoisotopic (exact) mass is 266 g/mol. The van der Waals surface area contributed by atoms with Crippen LogP contribution in [0.15, 0.2) is 29.2 Å². The summed E-state index contributed by atoms with van der Waals surface area (Å²) in [5, 5.41) is 0. The maximum Gasteiger partial charge on any atom is 0.416 e. The molecule has 0 saturated carbocycles. The minimum Gasteiger partial charge on any atom is -0.372 e. The molecule has 1 saturated heterocycles. The van der Waals surface area contributed by atoms with E-state index in [0.29, 0.717) is 12.7 Å². The van der Waals surface area contributed by atoms with E-state index in [4.69, 9.17) is 4.74 Å². The van der Waals surface area contributed by atoms with Crippen molar-refractivity contribution in [2.75, 3.05) is 12.4 Å². The molecule has 0 aliphatic carbocycles. The predicted molar refractivity (Wildman–Crippen MR) is 53.2 cm³/mol. The van der Waals surface area contributed by atoms with Gasteiger partial charge in [0, 0.05) is 0 Å². The highest BCUT2D eigenvalue weighted by molar-refractivity contribution is 7.91. The van der Waals surface area contributed by atoms with Crippen LogP contribution in [0.3, 0.4) is 0 Å². The Kier molecular flexibility index (Phi) is 2.90. The fourth-order valence-corrected chi connectivity index (χ4v) is 2.84. The van der Waals surface area contributed by atoms with Crippen molar-refractivity contribution in [1.29, 1.82) is 0 Å². The molecule has 3 nitrogen and oxygen atoms in total. The molecule has 0 N–H and O–H groups in total. The molecule has 1 aliphatic rings. The van der Waals surface area contributed by atoms with Crippen LogP contribution in [0.4, 0.5) is 13.2 Å². The third kappa shape index (κ3) is 2.98. The summed E-state index contributed by atoms with van der Waals surface area (Å²) in [6, 6.07) is 3.74. The van der Waals surface area contributed by atoms with Crippen molar-refractivity contribution in [1.82, 2.24) is 0 Å². The Morgan fingerprint density at radius 2 is 2.00 bits per heavy atom. The Morgan fingerprint density at radius 1 is 1.35 bits per heavy atom. The second kappa shape index (κ2) is 3.99. The van der Waals surface area contributed by atoms with Crippen molar-refractivity contribution < 1.29 is 26.3 Å². The summed E-state index contributed by atoms with van der Waals surface area (Å²) < 4.78 is 65.4. The van der Waals surface area contributed by atoms with Crippen LogP contribution >= 0.6 is 0 Å². The van der Waals surface area contributed by atoms with Gasteiger partial charge in [-0.25, -0.2) is 8.42 Å². The lowest BCUT2D eigenvalue weighted by molar-refractivity contribution is -0.137. The Morgan fingerprint density at radius 3 is 2.53 bits per heavy atom. The van der Waals surface area contributed by atoms with Crippen LogP contribution in [-0.4, -0.2) is 26.9 Å². The first-order chi connectivity index (χ1) is 7.79. The highest BCUT2D eigenvalue weighted by Gasteiger charge is 2.34. The van der Waals surface area contributed by atoms with E-state index in [1.54, 1.807) is 0 Å². The fraction of sp³-hybridized carbons (Fsp3) is 0.400. The smallest absolute Gasteiger partial charge is 0.372 e. The number of halogens is 3. The number of hydrogen-bond donors (Lipinski definition) is 0. The first-order valence-corrected chi connectivity index (χ1v) is 6.46. The molecule has 2 rings (SSSR count). The van der Waals surface area contributed by atoms with E-state index in [1.165, 1.54) is 0 Å². The zero-order chi connectivity index (χ0) is 12.7. The molecule has 0 radical (unpaired) electrons. The van der Waals surface area contributed by atoms with E-state index in [0.717, 1.165) is 18.2 Å². The molecule has 94 valence electrons. The summed E-state index contributed by atoms with van der Waals surface area (Å²) in [7, 11) is -3.70. The highest BCUT2D eigenvalue weighted by atomic mass is 32.2. The number of sulfone groups is 1. The van der Waals surface area contributed by atoms with Gasteiger partial charge in [0.2, 0.25) is 0 Å². The van der Waals surface area contributed by atoms with Gasteiger partial charge in [0.1, 0.15) is 0 Å². The third-order valence-corrected chi connectivity index (χ3v) is 4.11. The molecule has 0 spiro atoms. The van der Waals surface area contributed by atoms with Gasteiger partial charge in [-0.15, -0.1) is 0 Å². The Balaban J connectivity index is 2.32. The van der Waals surface area contributed by atoms with Gasteiger partial charge in [-0.05, 0) is 18.2 Å². The van der Waals surface area contributed by atoms with E-state index in [2.05, 4.69) is 0 Å². The van der Waals surface area contributed by atoms with Crippen molar-refractivity contribution in [2.24, 2.45) is 0 Å². The van der Waals surface area contributed by atoms with Crippen LogP contribution in [0.2, 0.25) is 0 Å². The molecule has 17 heavy (non-hydrogen) atoms. The lowest BCUT2D eigenvalue weighted by Crippen LogP contribution is -2.13. The van der Waals surface area contributed by atoms with Crippen LogP contribution in [-0.2, 0) is 20.8 Å². The van der Waals surface area contributed by atoms with Gasteiger partial charge in [-0.2, -0.15) is 13.2 Å². The molecule has 1 heterocycles. The number of ether oxygens (including phenoxy) is 1. The SMILES string of the molecule is O=S(=O)(CC1CO1)c1cccc(C(F)(F)F)c1. The number of rotatable bonds is 3. The van der Waals surface area contributed by atoms with Crippen LogP contribution < -0.4 is 0 Å². The summed E-state index contributed by atoms with van der Waals surface area (Å²) in [5.41, 5.74) is -0.963. The van der Waals surface area contributed by atoms with Crippen molar-refractivity contribution >= 4 is 9.84 Å². The zero-order valence-electron chi connectivity index (χ0n) is 8.57. The summed E-state index contributed by atoms with van der Waals surface area (Å²) in [6.07, 6.45) is -4.92. The van der Waals surface area contributed by atoms with E-state index >= 15 is 0 Å². The second-order valence-electron chi connectivity index (χ2n) is 3.76. The standard InChI is InChI=1S/C10H9F3O3S/c11-10(12,13)7-2-1-3-9(4-7)17(14,15)6-8-5-16-8/h1-4,8H,5-6H2. The fourth-order valence-electron chi connectivity index (χ4n) is 1.37. The molecule has 1 aliphatic heterocycles. The first-order valence-electron chi connectivity index (χ1n) is 4.81. The maximum atomic E-state index is 12.4. The average Bonchev–Trinajstić information content (AvgIpc) is 3.00. The van der Waals surface area contributed by atoms with E-state index in [-0.39, 0.29) is 16.8 Å². The summed E-state index contributed by atoms with van der Waals surface area (Å²) in [5.74, 6) is -0.270. The molecular formula is C10H9F3O3S. The molecule has 1 unspecified atom stereocenters. The number of benzene rings is 1. The number of alkyl halides is 3. The second-order valence-corrected chi connectivity index (χ2v) is 5.80. The summed E-state index contributed by atoms with van der Waals surface area (Å²) in [6.45, 7) is 0.345. The Bertz CT molecular complexity index is 518. The van der Waals surface area contributed by atoms with Gasteiger partial charge < -0.3 is 4.74 Å². The summed E-state index contributed by atoms with van der Waals surface area (Å²) in [4.78, 5) is -0.317. The van der Waals surface area contributed by atoms with Crippen molar-refractivity contribution in [2.45, 2.75) is 17.2 Å². The first kappa shape index (κ1) is 12.4. The summed E-state index contributed by atoms with van der Waals surface area (Å²) >= 11 is 0. The number of hydrogen-bond acceptors (Lipinski definition) is 3. The van der Waals surface area contributed by atoms with Crippen molar-refractivity contribution in [3.63, 3.8) is 0 Å². The van der Waals surface area contributed by atoms with Crippen LogP contribution in [0.5, 0.6) is 0 Å². The van der Waals surface area contributed by atoms with E-state index < -0.39 is 21.6 Å². The van der Waals surface area contributed by atoms with E-state index in [9.17, 15) is 21.6 Å². The minimum absolute atomic E-state index is 0.270. The van der Waals surface area contributed by atoms with E-state index in [1.807, 2.05) is 0 Å². The maximum absolute atomic E-state index is 12.4. The van der Waals surface area contributed by atoms with Gasteiger partial charge >= 0.3 is 6.18 Å². The van der Waals surface area contributed by atoms with Crippen LogP contribution in [0, 0.1) is 0 Å². The highest BCUT2D eigenvalue weighted by Crippen LogP contribution is 2.31. The van der Waals surface area contributed by atoms with Gasteiger partial charge in [-0.1, -0.05) is 6.07 Å². The predicted octanol–water partition coefficient (Wildman–Crippen LogP) is 1.88. The molecule has 1 atom stereocenters. The van der Waals surface area contributed by atoms with Crippen LogP contribution in [0.25, 0.3) is 0 Å². The topological polar surface area (TPSA) is 46.7 Å². The van der Waals surface area contributed by atoms with Crippen molar-refractivity contribution in [3.05, 3.63) is 29.8 Å². The largest absolute Gasteiger partial charge is 0.416 e. The lowest BCUT2D eigenvalue weighted by atomic mass is 10.2. The molecule has 1 aromatic carbocycles. The molecule has 1 fully saturated rings. The molecule has 7 heteroatoms. The number of epoxide rings is 1. The molecule has 0 bridgehead atoms. The van der Waals surface area contributed by atoms with Crippen molar-refractivity contribution in [3.8, 4) is 0 Å². The van der Waals surface area contributed by atoms with Gasteiger partial charge in [0.25, 0.3) is 0 Å². The lowest BCUT2D eigenvalue weighted by Gasteiger charge is -2.08. The zero-order valence-corrected chi connectivity index (χ0v) is 9.38. The Labute approximate surface area is 96.1 Å². The van der Waals surface area contributed by atoms with Gasteiger partial charge in [0.05, 0.1) is 28.9 Å².